The molecule has 0 aliphatic rings. The molecule has 0 spiro atoms. The fourth-order valence-corrected chi connectivity index (χ4v) is 1.52. The van der Waals surface area contributed by atoms with Crippen LogP contribution in [0, 0.1) is 21.4 Å². The second kappa shape index (κ2) is 6.26. The molecule has 0 N–H and O–H groups in total. The number of ether oxygens (including phenoxy) is 1. The van der Waals surface area contributed by atoms with Crippen molar-refractivity contribution < 1.29 is 19.2 Å². The van der Waals surface area contributed by atoms with E-state index in [2.05, 4.69) is 0 Å². The average molecular weight is 262 g/mol. The molecule has 0 aliphatic heterocycles. The van der Waals surface area contributed by atoms with Crippen molar-refractivity contribution in [2.45, 2.75) is 13.3 Å². The Morgan fingerprint density at radius 2 is 2.26 bits per heavy atom. The van der Waals surface area contributed by atoms with Crippen LogP contribution < -0.4 is 0 Å². The Bertz CT molecular complexity index is 574. The number of hydrogen-bond donors (Lipinski definition) is 0. The highest BCUT2D eigenvalue weighted by molar-refractivity contribution is 5.83. The van der Waals surface area contributed by atoms with Crippen molar-refractivity contribution in [2.75, 3.05) is 6.61 Å². The number of carbonyl (C=O) groups excluding carboxylic acids is 2. The summed E-state index contributed by atoms with van der Waals surface area (Å²) in [4.78, 5) is 32.2. The molecule has 1 rings (SSSR count). The van der Waals surface area contributed by atoms with E-state index < -0.39 is 16.6 Å². The summed E-state index contributed by atoms with van der Waals surface area (Å²) >= 11 is 0. The molecule has 7 heteroatoms. The third-order valence-corrected chi connectivity index (χ3v) is 2.34. The Morgan fingerprint density at radius 1 is 1.58 bits per heavy atom. The summed E-state index contributed by atoms with van der Waals surface area (Å²) < 4.78 is 4.72. The molecule has 1 aromatic rings. The van der Waals surface area contributed by atoms with E-state index in [0.29, 0.717) is 6.29 Å². The summed E-state index contributed by atoms with van der Waals surface area (Å²) in [5, 5.41) is 19.6. The van der Waals surface area contributed by atoms with Gasteiger partial charge in [0.25, 0.3) is 5.69 Å². The van der Waals surface area contributed by atoms with E-state index in [1.54, 1.807) is 13.0 Å². The van der Waals surface area contributed by atoms with Gasteiger partial charge in [-0.05, 0) is 18.6 Å². The number of nitriles is 1. The molecule has 98 valence electrons. The fourth-order valence-electron chi connectivity index (χ4n) is 1.52. The van der Waals surface area contributed by atoms with Crippen molar-refractivity contribution in [1.29, 1.82) is 5.26 Å². The van der Waals surface area contributed by atoms with E-state index >= 15 is 0 Å². The number of nitro benzene ring substituents is 1. The lowest BCUT2D eigenvalue weighted by molar-refractivity contribution is -0.385. The van der Waals surface area contributed by atoms with E-state index in [1.165, 1.54) is 6.07 Å². The maximum absolute atomic E-state index is 11.3. The van der Waals surface area contributed by atoms with Crippen LogP contribution >= 0.6 is 0 Å². The molecule has 0 aliphatic carbocycles. The summed E-state index contributed by atoms with van der Waals surface area (Å²) in [6.07, 6.45) is 0.192. The largest absolute Gasteiger partial charge is 0.466 e. The predicted octanol–water partition coefficient (Wildman–Crippen LogP) is 1.38. The van der Waals surface area contributed by atoms with Crippen LogP contribution in [0.5, 0.6) is 0 Å². The van der Waals surface area contributed by atoms with Gasteiger partial charge < -0.3 is 4.74 Å². The molecule has 0 atom stereocenters. The Hall–Kier alpha value is -2.75. The summed E-state index contributed by atoms with van der Waals surface area (Å²) in [6.45, 7) is 1.82. The van der Waals surface area contributed by atoms with Crippen LogP contribution in [0.3, 0.4) is 0 Å². The summed E-state index contributed by atoms with van der Waals surface area (Å²) in [7, 11) is 0. The van der Waals surface area contributed by atoms with Crippen molar-refractivity contribution in [1.82, 2.24) is 0 Å². The first-order valence-electron chi connectivity index (χ1n) is 5.35. The second-order valence-electron chi connectivity index (χ2n) is 3.54. The molecule has 7 nitrogen and oxygen atoms in total. The SMILES string of the molecule is CCOC(=O)Cc1cc(C#N)c([N+](=O)[O-])cc1C=O. The lowest BCUT2D eigenvalue weighted by Gasteiger charge is -2.06. The van der Waals surface area contributed by atoms with Crippen LogP contribution in [0.25, 0.3) is 0 Å². The Morgan fingerprint density at radius 3 is 2.74 bits per heavy atom. The maximum atomic E-state index is 11.3. The van der Waals surface area contributed by atoms with Crippen molar-refractivity contribution in [3.8, 4) is 6.07 Å². The van der Waals surface area contributed by atoms with Crippen LogP contribution in [-0.4, -0.2) is 23.8 Å². The molecular weight excluding hydrogens is 252 g/mol. The smallest absolute Gasteiger partial charge is 0.310 e. The predicted molar refractivity (Wildman–Crippen MR) is 63.5 cm³/mol. The monoisotopic (exact) mass is 262 g/mol. The van der Waals surface area contributed by atoms with Crippen LogP contribution in [0.15, 0.2) is 12.1 Å². The second-order valence-corrected chi connectivity index (χ2v) is 3.54. The molecule has 0 radical (unpaired) electrons. The van der Waals surface area contributed by atoms with Gasteiger partial charge in [0.1, 0.15) is 11.6 Å². The zero-order valence-corrected chi connectivity index (χ0v) is 10.1. The number of hydrogen-bond acceptors (Lipinski definition) is 6. The average Bonchev–Trinajstić information content (AvgIpc) is 2.38. The van der Waals surface area contributed by atoms with Crippen molar-refractivity contribution in [3.63, 3.8) is 0 Å². The van der Waals surface area contributed by atoms with Crippen molar-refractivity contribution in [2.24, 2.45) is 0 Å². The minimum atomic E-state index is -0.750. The van der Waals surface area contributed by atoms with Gasteiger partial charge in [-0.15, -0.1) is 0 Å². The van der Waals surface area contributed by atoms with Crippen LogP contribution in [-0.2, 0) is 16.0 Å². The molecule has 0 amide bonds. The minimum Gasteiger partial charge on any atom is -0.466 e. The van der Waals surface area contributed by atoms with Crippen molar-refractivity contribution in [3.05, 3.63) is 38.9 Å². The van der Waals surface area contributed by atoms with Gasteiger partial charge in [-0.25, -0.2) is 0 Å². The van der Waals surface area contributed by atoms with Gasteiger partial charge in [-0.2, -0.15) is 5.26 Å². The third-order valence-electron chi connectivity index (χ3n) is 2.34. The third kappa shape index (κ3) is 3.35. The molecule has 0 aromatic heterocycles. The highest BCUT2D eigenvalue weighted by Gasteiger charge is 2.19. The molecule has 0 saturated heterocycles. The fraction of sp³-hybridized carbons (Fsp3) is 0.250. The highest BCUT2D eigenvalue weighted by Crippen LogP contribution is 2.23. The molecule has 0 fully saturated rings. The zero-order chi connectivity index (χ0) is 14.4. The molecule has 0 heterocycles. The summed E-state index contributed by atoms with van der Waals surface area (Å²) in [5.41, 5.74) is -0.429. The number of aldehydes is 1. The Kier molecular flexibility index (Phi) is 4.71. The molecule has 1 aromatic carbocycles. The standard InChI is InChI=1S/C12H10N2O5/c1-2-19-12(16)5-8-3-9(6-13)11(14(17)18)4-10(8)7-15/h3-4,7H,2,5H2,1H3. The normalized spacial score (nSPS) is 9.47. The van der Waals surface area contributed by atoms with Crippen LogP contribution in [0.4, 0.5) is 5.69 Å². The van der Waals surface area contributed by atoms with Gasteiger partial charge in [0.15, 0.2) is 6.29 Å². The van der Waals surface area contributed by atoms with Crippen molar-refractivity contribution >= 4 is 17.9 Å². The molecular formula is C12H10N2O5. The maximum Gasteiger partial charge on any atom is 0.310 e. The number of nitro groups is 1. The van der Waals surface area contributed by atoms with Gasteiger partial charge in [0.2, 0.25) is 0 Å². The first-order chi connectivity index (χ1) is 9.03. The molecule has 19 heavy (non-hydrogen) atoms. The molecule has 0 bridgehead atoms. The van der Waals surface area contributed by atoms with Crippen LogP contribution in [0.1, 0.15) is 28.4 Å². The van der Waals surface area contributed by atoms with Gasteiger partial charge in [0.05, 0.1) is 18.0 Å². The summed E-state index contributed by atoms with van der Waals surface area (Å²) in [6, 6.07) is 3.82. The topological polar surface area (TPSA) is 110 Å². The number of rotatable bonds is 5. The van der Waals surface area contributed by atoms with Crippen LogP contribution in [0.2, 0.25) is 0 Å². The van der Waals surface area contributed by atoms with E-state index in [0.717, 1.165) is 6.07 Å². The van der Waals surface area contributed by atoms with E-state index in [1.807, 2.05) is 0 Å². The lowest BCUT2D eigenvalue weighted by Crippen LogP contribution is -2.10. The van der Waals surface area contributed by atoms with Gasteiger partial charge in [-0.3, -0.25) is 19.7 Å². The number of carbonyl (C=O) groups is 2. The quantitative estimate of drug-likeness (QED) is 0.343. The Balaban J connectivity index is 3.25. The zero-order valence-electron chi connectivity index (χ0n) is 10.1. The van der Waals surface area contributed by atoms with E-state index in [9.17, 15) is 19.7 Å². The molecule has 0 saturated carbocycles. The Labute approximate surface area is 108 Å². The number of benzene rings is 1. The minimum absolute atomic E-state index is 0.00115. The lowest BCUT2D eigenvalue weighted by atomic mass is 10.0. The van der Waals surface area contributed by atoms with E-state index in [-0.39, 0.29) is 29.7 Å². The first-order valence-corrected chi connectivity index (χ1v) is 5.35. The molecule has 0 unspecified atom stereocenters. The van der Waals surface area contributed by atoms with E-state index in [4.69, 9.17) is 10.00 Å². The van der Waals surface area contributed by atoms with Gasteiger partial charge in [-0.1, -0.05) is 0 Å². The highest BCUT2D eigenvalue weighted by atomic mass is 16.6. The first kappa shape index (κ1) is 14.3. The number of nitrogens with zero attached hydrogens (tertiary/aromatic N) is 2. The number of esters is 1. The summed E-state index contributed by atoms with van der Waals surface area (Å²) in [5.74, 6) is -0.566. The van der Waals surface area contributed by atoms with Gasteiger partial charge >= 0.3 is 5.97 Å². The van der Waals surface area contributed by atoms with Gasteiger partial charge in [0, 0.05) is 11.6 Å².